The van der Waals surface area contributed by atoms with Gasteiger partial charge in [-0.05, 0) is 6.07 Å². The summed E-state index contributed by atoms with van der Waals surface area (Å²) < 4.78 is 2.00. The molecule has 0 bridgehead atoms. The van der Waals surface area contributed by atoms with Crippen LogP contribution in [-0.4, -0.2) is 27.1 Å². The van der Waals surface area contributed by atoms with Crippen LogP contribution in [0, 0.1) is 0 Å². The molecular formula is C14H14ClN5O. The van der Waals surface area contributed by atoms with Gasteiger partial charge in [-0.1, -0.05) is 18.2 Å². The summed E-state index contributed by atoms with van der Waals surface area (Å²) in [6, 6.07) is 7.32. The highest BCUT2D eigenvalue weighted by molar-refractivity contribution is 6.17. The minimum atomic E-state index is -0.543. The van der Waals surface area contributed by atoms with Crippen LogP contribution >= 0.6 is 11.6 Å². The molecule has 2 amide bonds. The summed E-state index contributed by atoms with van der Waals surface area (Å²) in [6.45, 7) is 0.969. The van der Waals surface area contributed by atoms with Crippen LogP contribution in [0.25, 0.3) is 21.9 Å². The maximum absolute atomic E-state index is 10.8. The molecule has 0 atom stereocenters. The van der Waals surface area contributed by atoms with Gasteiger partial charge in [0.25, 0.3) is 0 Å². The summed E-state index contributed by atoms with van der Waals surface area (Å²) in [7, 11) is 0. The van der Waals surface area contributed by atoms with E-state index < -0.39 is 6.03 Å². The number of alkyl halides is 1. The summed E-state index contributed by atoms with van der Waals surface area (Å²) >= 11 is 5.98. The first-order chi connectivity index (χ1) is 10.2. The zero-order valence-corrected chi connectivity index (χ0v) is 12.0. The standard InChI is InChI=1S/C14H14ClN5O/c15-7-12-19-11-8-18-10-4-2-1-3-9(10)13(11)20(12)6-5-17-14(16)21/h1-4,8H,5-7H2,(H3,16,17,21). The number of urea groups is 1. The molecule has 0 aliphatic heterocycles. The predicted molar refractivity (Wildman–Crippen MR) is 82.2 cm³/mol. The molecule has 21 heavy (non-hydrogen) atoms. The quantitative estimate of drug-likeness (QED) is 0.723. The number of hydrogen-bond donors (Lipinski definition) is 2. The number of hydrogen-bond acceptors (Lipinski definition) is 3. The lowest BCUT2D eigenvalue weighted by Gasteiger charge is -2.09. The normalized spacial score (nSPS) is 11.1. The van der Waals surface area contributed by atoms with Gasteiger partial charge in [-0.15, -0.1) is 11.6 Å². The van der Waals surface area contributed by atoms with E-state index in [4.69, 9.17) is 17.3 Å². The molecular weight excluding hydrogens is 290 g/mol. The van der Waals surface area contributed by atoms with Crippen LogP contribution in [-0.2, 0) is 12.4 Å². The highest BCUT2D eigenvalue weighted by Gasteiger charge is 2.13. The van der Waals surface area contributed by atoms with Crippen molar-refractivity contribution in [3.63, 3.8) is 0 Å². The van der Waals surface area contributed by atoms with E-state index in [1.165, 1.54) is 0 Å². The maximum atomic E-state index is 10.8. The van der Waals surface area contributed by atoms with E-state index in [9.17, 15) is 4.79 Å². The Bertz CT molecular complexity index is 814. The van der Waals surface area contributed by atoms with Crippen molar-refractivity contribution in [2.24, 2.45) is 5.73 Å². The molecule has 0 fully saturated rings. The molecule has 0 spiro atoms. The number of imidazole rings is 1. The molecule has 3 rings (SSSR count). The number of nitrogens with one attached hydrogen (secondary N) is 1. The van der Waals surface area contributed by atoms with Crippen LogP contribution in [0.1, 0.15) is 5.82 Å². The number of pyridine rings is 1. The lowest BCUT2D eigenvalue weighted by molar-refractivity contribution is 0.248. The van der Waals surface area contributed by atoms with Crippen molar-refractivity contribution in [3.05, 3.63) is 36.3 Å². The third kappa shape index (κ3) is 2.50. The van der Waals surface area contributed by atoms with Gasteiger partial charge in [-0.3, -0.25) is 4.98 Å². The Hall–Kier alpha value is -2.34. The Balaban J connectivity index is 2.14. The van der Waals surface area contributed by atoms with Crippen molar-refractivity contribution in [1.29, 1.82) is 0 Å². The Morgan fingerprint density at radius 2 is 2.14 bits per heavy atom. The summed E-state index contributed by atoms with van der Waals surface area (Å²) in [4.78, 5) is 19.7. The summed E-state index contributed by atoms with van der Waals surface area (Å²) in [5, 5.41) is 3.59. The van der Waals surface area contributed by atoms with Gasteiger partial charge in [-0.2, -0.15) is 0 Å². The summed E-state index contributed by atoms with van der Waals surface area (Å²) in [6.07, 6.45) is 1.74. The predicted octanol–water partition coefficient (Wildman–Crippen LogP) is 1.99. The smallest absolute Gasteiger partial charge is 0.312 e. The average Bonchev–Trinajstić information content (AvgIpc) is 2.85. The number of amides is 2. The number of halogens is 1. The number of primary amides is 1. The first-order valence-electron chi connectivity index (χ1n) is 6.53. The zero-order valence-electron chi connectivity index (χ0n) is 11.2. The third-order valence-corrected chi connectivity index (χ3v) is 3.55. The van der Waals surface area contributed by atoms with Crippen molar-refractivity contribution in [2.45, 2.75) is 12.4 Å². The number of fused-ring (bicyclic) bond motifs is 3. The average molecular weight is 304 g/mol. The molecule has 2 aromatic heterocycles. The summed E-state index contributed by atoms with van der Waals surface area (Å²) in [5.74, 6) is 1.04. The number of nitrogens with zero attached hydrogens (tertiary/aromatic N) is 3. The number of benzene rings is 1. The lowest BCUT2D eigenvalue weighted by Crippen LogP contribution is -2.32. The van der Waals surface area contributed by atoms with Crippen molar-refractivity contribution in [2.75, 3.05) is 6.54 Å². The van der Waals surface area contributed by atoms with Gasteiger partial charge >= 0.3 is 6.03 Å². The van der Waals surface area contributed by atoms with Gasteiger partial charge < -0.3 is 15.6 Å². The zero-order chi connectivity index (χ0) is 14.8. The van der Waals surface area contributed by atoms with E-state index in [0.717, 1.165) is 27.8 Å². The number of carbonyl (C=O) groups is 1. The highest BCUT2D eigenvalue weighted by Crippen LogP contribution is 2.25. The second kappa shape index (κ2) is 5.57. The van der Waals surface area contributed by atoms with Crippen molar-refractivity contribution >= 4 is 39.6 Å². The molecule has 0 aliphatic rings. The fourth-order valence-electron chi connectivity index (χ4n) is 2.44. The van der Waals surface area contributed by atoms with Gasteiger partial charge in [0.15, 0.2) is 0 Å². The van der Waals surface area contributed by atoms with Crippen LogP contribution in [0.15, 0.2) is 30.5 Å². The molecule has 6 nitrogen and oxygen atoms in total. The van der Waals surface area contributed by atoms with Gasteiger partial charge in [0.05, 0.1) is 23.1 Å². The molecule has 7 heteroatoms. The van der Waals surface area contributed by atoms with Crippen LogP contribution in [0.5, 0.6) is 0 Å². The molecule has 1 aromatic carbocycles. The minimum Gasteiger partial charge on any atom is -0.352 e. The Labute approximate surface area is 125 Å². The third-order valence-electron chi connectivity index (χ3n) is 3.31. The topological polar surface area (TPSA) is 85.8 Å². The largest absolute Gasteiger partial charge is 0.352 e. The van der Waals surface area contributed by atoms with Gasteiger partial charge in [0, 0.05) is 18.5 Å². The Morgan fingerprint density at radius 3 is 2.90 bits per heavy atom. The number of carbonyl (C=O) groups excluding carboxylic acids is 1. The first kappa shape index (κ1) is 13.6. The Morgan fingerprint density at radius 1 is 1.33 bits per heavy atom. The first-order valence-corrected chi connectivity index (χ1v) is 7.06. The van der Waals surface area contributed by atoms with Crippen LogP contribution in [0.3, 0.4) is 0 Å². The van der Waals surface area contributed by atoms with Gasteiger partial charge in [-0.25, -0.2) is 9.78 Å². The van der Waals surface area contributed by atoms with Crippen LogP contribution in [0.2, 0.25) is 0 Å². The molecule has 0 saturated heterocycles. The van der Waals surface area contributed by atoms with Crippen molar-refractivity contribution < 1.29 is 4.79 Å². The van der Waals surface area contributed by atoms with Gasteiger partial charge in [0.1, 0.15) is 11.3 Å². The van der Waals surface area contributed by atoms with E-state index in [1.807, 2.05) is 28.8 Å². The van der Waals surface area contributed by atoms with Crippen LogP contribution < -0.4 is 11.1 Å². The summed E-state index contributed by atoms with van der Waals surface area (Å²) in [5.41, 5.74) is 7.76. The molecule has 0 aliphatic carbocycles. The minimum absolute atomic E-state index is 0.291. The SMILES string of the molecule is NC(=O)NCCn1c(CCl)nc2cnc3ccccc3c21. The van der Waals surface area contributed by atoms with Crippen molar-refractivity contribution in [3.8, 4) is 0 Å². The number of nitrogens with two attached hydrogens (primary N) is 1. The molecule has 0 unspecified atom stereocenters. The second-order valence-corrected chi connectivity index (χ2v) is 4.88. The van der Waals surface area contributed by atoms with Crippen molar-refractivity contribution in [1.82, 2.24) is 19.9 Å². The van der Waals surface area contributed by atoms with E-state index in [1.54, 1.807) is 6.20 Å². The molecule has 0 saturated carbocycles. The van der Waals surface area contributed by atoms with E-state index >= 15 is 0 Å². The molecule has 0 radical (unpaired) electrons. The van der Waals surface area contributed by atoms with E-state index in [0.29, 0.717) is 19.0 Å². The lowest BCUT2D eigenvalue weighted by atomic mass is 10.2. The number of aromatic nitrogens is 3. The Kier molecular flexibility index (Phi) is 3.62. The molecule has 3 N–H and O–H groups in total. The second-order valence-electron chi connectivity index (χ2n) is 4.61. The van der Waals surface area contributed by atoms with Crippen LogP contribution in [0.4, 0.5) is 4.79 Å². The maximum Gasteiger partial charge on any atom is 0.312 e. The highest BCUT2D eigenvalue weighted by atomic mass is 35.5. The number of para-hydroxylation sites is 1. The molecule has 3 aromatic rings. The van der Waals surface area contributed by atoms with Gasteiger partial charge in [0.2, 0.25) is 0 Å². The fraction of sp³-hybridized carbons (Fsp3) is 0.214. The number of rotatable bonds is 4. The fourth-order valence-corrected chi connectivity index (χ4v) is 2.65. The van der Waals surface area contributed by atoms with E-state index in [-0.39, 0.29) is 0 Å². The monoisotopic (exact) mass is 303 g/mol. The molecule has 108 valence electrons. The molecule has 2 heterocycles. The van der Waals surface area contributed by atoms with E-state index in [2.05, 4.69) is 15.3 Å².